The van der Waals surface area contributed by atoms with Crippen LogP contribution < -0.4 is 11.1 Å². The summed E-state index contributed by atoms with van der Waals surface area (Å²) in [5.74, 6) is 0. The summed E-state index contributed by atoms with van der Waals surface area (Å²) in [4.78, 5) is 0. The molecule has 5 nitrogen and oxygen atoms in total. The molecule has 0 spiro atoms. The third-order valence-corrected chi connectivity index (χ3v) is 1.74. The second kappa shape index (κ2) is 4.52. The van der Waals surface area contributed by atoms with Crippen molar-refractivity contribution in [2.75, 3.05) is 6.54 Å². The van der Waals surface area contributed by atoms with Crippen LogP contribution in [0.2, 0.25) is 0 Å². The van der Waals surface area contributed by atoms with E-state index in [0.29, 0.717) is 6.54 Å². The first-order valence-electron chi connectivity index (χ1n) is 4.85. The molecule has 80 valence electrons. The molecule has 1 aromatic heterocycles. The van der Waals surface area contributed by atoms with Crippen LogP contribution in [0.3, 0.4) is 0 Å². The fourth-order valence-corrected chi connectivity index (χ4v) is 1.02. The van der Waals surface area contributed by atoms with Gasteiger partial charge in [0, 0.05) is 24.8 Å². The Labute approximate surface area is 84.7 Å². The summed E-state index contributed by atoms with van der Waals surface area (Å²) >= 11 is 0. The van der Waals surface area contributed by atoms with Crippen LogP contribution in [0, 0.1) is 0 Å². The lowest BCUT2D eigenvalue weighted by Gasteiger charge is -2.19. The molecule has 0 aliphatic rings. The lowest BCUT2D eigenvalue weighted by Crippen LogP contribution is -2.35. The normalized spacial score (nSPS) is 12.0. The molecule has 0 radical (unpaired) electrons. The Bertz CT molecular complexity index is 273. The van der Waals surface area contributed by atoms with Gasteiger partial charge in [0.15, 0.2) is 0 Å². The van der Waals surface area contributed by atoms with E-state index < -0.39 is 0 Å². The van der Waals surface area contributed by atoms with E-state index in [9.17, 15) is 0 Å². The van der Waals surface area contributed by atoms with Gasteiger partial charge in [0.2, 0.25) is 0 Å². The van der Waals surface area contributed by atoms with E-state index in [-0.39, 0.29) is 5.54 Å². The highest BCUT2D eigenvalue weighted by Gasteiger charge is 2.09. The van der Waals surface area contributed by atoms with Gasteiger partial charge in [-0.25, -0.2) is 0 Å². The van der Waals surface area contributed by atoms with Gasteiger partial charge in [-0.15, -0.1) is 5.10 Å². The number of nitrogens with one attached hydrogen (secondary N) is 1. The minimum absolute atomic E-state index is 0.109. The van der Waals surface area contributed by atoms with Crippen LogP contribution in [0.4, 0.5) is 0 Å². The number of hydrogen-bond acceptors (Lipinski definition) is 4. The number of aromatic nitrogens is 3. The maximum Gasteiger partial charge on any atom is 0.0965 e. The Balaban J connectivity index is 2.44. The quantitative estimate of drug-likeness (QED) is 0.719. The average Bonchev–Trinajstić information content (AvgIpc) is 2.49. The molecule has 1 aromatic rings. The monoisotopic (exact) mass is 197 g/mol. The molecule has 0 aromatic carbocycles. The van der Waals surface area contributed by atoms with Crippen molar-refractivity contribution in [3.05, 3.63) is 11.9 Å². The summed E-state index contributed by atoms with van der Waals surface area (Å²) in [7, 11) is 0. The van der Waals surface area contributed by atoms with Crippen LogP contribution in [0.15, 0.2) is 6.20 Å². The highest BCUT2D eigenvalue weighted by atomic mass is 15.4. The van der Waals surface area contributed by atoms with Gasteiger partial charge in [0.25, 0.3) is 0 Å². The van der Waals surface area contributed by atoms with Gasteiger partial charge in [-0.05, 0) is 20.8 Å². The second-order valence-corrected chi connectivity index (χ2v) is 4.37. The first kappa shape index (κ1) is 11.1. The molecule has 5 heteroatoms. The van der Waals surface area contributed by atoms with Crippen LogP contribution >= 0.6 is 0 Å². The van der Waals surface area contributed by atoms with Crippen LogP contribution in [0.5, 0.6) is 0 Å². The summed E-state index contributed by atoms with van der Waals surface area (Å²) in [6, 6.07) is 0. The molecule has 1 rings (SSSR count). The van der Waals surface area contributed by atoms with E-state index in [1.54, 1.807) is 4.68 Å². The fraction of sp³-hybridized carbons (Fsp3) is 0.778. The van der Waals surface area contributed by atoms with E-state index in [0.717, 1.165) is 18.8 Å². The van der Waals surface area contributed by atoms with Gasteiger partial charge in [-0.2, -0.15) is 0 Å². The van der Waals surface area contributed by atoms with E-state index in [2.05, 4.69) is 36.4 Å². The smallest absolute Gasteiger partial charge is 0.0965 e. The van der Waals surface area contributed by atoms with E-state index in [1.807, 2.05) is 6.20 Å². The standard InChI is InChI=1S/C9H19N5/c1-9(2,3)11-6-8-7-14(5-4-10)13-12-8/h7,11H,4-6,10H2,1-3H3. The lowest BCUT2D eigenvalue weighted by molar-refractivity contribution is 0.421. The Morgan fingerprint density at radius 3 is 2.79 bits per heavy atom. The largest absolute Gasteiger partial charge is 0.329 e. The van der Waals surface area contributed by atoms with E-state index in [4.69, 9.17) is 5.73 Å². The molecule has 14 heavy (non-hydrogen) atoms. The van der Waals surface area contributed by atoms with Crippen LogP contribution in [0.25, 0.3) is 0 Å². The zero-order chi connectivity index (χ0) is 10.6. The van der Waals surface area contributed by atoms with E-state index in [1.165, 1.54) is 0 Å². The van der Waals surface area contributed by atoms with Gasteiger partial charge < -0.3 is 11.1 Å². The molecule has 0 bridgehead atoms. The van der Waals surface area contributed by atoms with Crippen LogP contribution in [-0.4, -0.2) is 27.1 Å². The first-order chi connectivity index (χ1) is 6.51. The number of nitrogens with zero attached hydrogens (tertiary/aromatic N) is 3. The lowest BCUT2D eigenvalue weighted by atomic mass is 10.1. The van der Waals surface area contributed by atoms with Crippen molar-refractivity contribution in [1.82, 2.24) is 20.3 Å². The number of rotatable bonds is 4. The zero-order valence-corrected chi connectivity index (χ0v) is 9.12. The van der Waals surface area contributed by atoms with Gasteiger partial charge in [0.1, 0.15) is 0 Å². The first-order valence-corrected chi connectivity index (χ1v) is 4.85. The molecule has 0 amide bonds. The summed E-state index contributed by atoms with van der Waals surface area (Å²) in [6.45, 7) is 8.43. The van der Waals surface area contributed by atoms with Crippen LogP contribution in [-0.2, 0) is 13.1 Å². The van der Waals surface area contributed by atoms with Crippen molar-refractivity contribution in [2.45, 2.75) is 39.4 Å². The summed E-state index contributed by atoms with van der Waals surface area (Å²) in [6.07, 6.45) is 1.92. The summed E-state index contributed by atoms with van der Waals surface area (Å²) in [5.41, 5.74) is 6.47. The topological polar surface area (TPSA) is 68.8 Å². The Hall–Kier alpha value is -0.940. The Morgan fingerprint density at radius 1 is 1.50 bits per heavy atom. The summed E-state index contributed by atoms with van der Waals surface area (Å²) in [5, 5.41) is 11.3. The van der Waals surface area contributed by atoms with Gasteiger partial charge >= 0.3 is 0 Å². The molecular formula is C9H19N5. The van der Waals surface area contributed by atoms with Crippen molar-refractivity contribution in [3.63, 3.8) is 0 Å². The summed E-state index contributed by atoms with van der Waals surface area (Å²) < 4.78 is 1.76. The molecule has 0 aliphatic heterocycles. The maximum absolute atomic E-state index is 5.41. The molecule has 0 fully saturated rings. The maximum atomic E-state index is 5.41. The van der Waals surface area contributed by atoms with E-state index >= 15 is 0 Å². The SMILES string of the molecule is CC(C)(C)NCc1cn(CCN)nn1. The van der Waals surface area contributed by atoms with Gasteiger partial charge in [0.05, 0.1) is 12.2 Å². The third-order valence-electron chi connectivity index (χ3n) is 1.74. The molecule has 0 saturated heterocycles. The van der Waals surface area contributed by atoms with Crippen molar-refractivity contribution in [3.8, 4) is 0 Å². The fourth-order valence-electron chi connectivity index (χ4n) is 1.02. The minimum atomic E-state index is 0.109. The highest BCUT2D eigenvalue weighted by molar-refractivity contribution is 4.92. The van der Waals surface area contributed by atoms with Crippen molar-refractivity contribution in [2.24, 2.45) is 5.73 Å². The van der Waals surface area contributed by atoms with Crippen LogP contribution in [0.1, 0.15) is 26.5 Å². The minimum Gasteiger partial charge on any atom is -0.329 e. The van der Waals surface area contributed by atoms with Crippen molar-refractivity contribution >= 4 is 0 Å². The van der Waals surface area contributed by atoms with Crippen molar-refractivity contribution in [1.29, 1.82) is 0 Å². The van der Waals surface area contributed by atoms with Crippen molar-refractivity contribution < 1.29 is 0 Å². The predicted molar refractivity (Wildman–Crippen MR) is 55.7 cm³/mol. The molecule has 0 atom stereocenters. The Kier molecular flexibility index (Phi) is 3.60. The molecule has 0 aliphatic carbocycles. The third kappa shape index (κ3) is 3.85. The van der Waals surface area contributed by atoms with Gasteiger partial charge in [-0.3, -0.25) is 4.68 Å². The molecule has 1 heterocycles. The second-order valence-electron chi connectivity index (χ2n) is 4.37. The highest BCUT2D eigenvalue weighted by Crippen LogP contribution is 2.01. The predicted octanol–water partition coefficient (Wildman–Crippen LogP) is 0.125. The Morgan fingerprint density at radius 2 is 2.21 bits per heavy atom. The number of nitrogens with two attached hydrogens (primary N) is 1. The average molecular weight is 197 g/mol. The zero-order valence-electron chi connectivity index (χ0n) is 9.12. The molecule has 0 unspecified atom stereocenters. The number of hydrogen-bond donors (Lipinski definition) is 2. The molecule has 3 N–H and O–H groups in total. The van der Waals surface area contributed by atoms with Gasteiger partial charge in [-0.1, -0.05) is 5.21 Å². The molecule has 0 saturated carbocycles. The molecular weight excluding hydrogens is 178 g/mol.